The molecule has 3 rings (SSSR count). The van der Waals surface area contributed by atoms with Crippen LogP contribution in [0.1, 0.15) is 51.9 Å². The first-order valence-corrected chi connectivity index (χ1v) is 8.45. The Kier molecular flexibility index (Phi) is 3.83. The molecule has 3 saturated carbocycles. The lowest BCUT2D eigenvalue weighted by atomic mass is 9.75. The van der Waals surface area contributed by atoms with E-state index in [1.54, 1.807) is 0 Å². The first-order chi connectivity index (χ1) is 9.50. The van der Waals surface area contributed by atoms with Crippen molar-refractivity contribution < 1.29 is 4.79 Å². The molecule has 3 aliphatic carbocycles. The van der Waals surface area contributed by atoms with Crippen LogP contribution in [0.15, 0.2) is 0 Å². The largest absolute Gasteiger partial charge is 0.354 e. The Labute approximate surface area is 123 Å². The third-order valence-electron chi connectivity index (χ3n) is 6.22. The van der Waals surface area contributed by atoms with Crippen molar-refractivity contribution in [2.24, 2.45) is 23.7 Å². The van der Waals surface area contributed by atoms with Gasteiger partial charge in [-0.3, -0.25) is 4.79 Å². The molecule has 0 aromatic heterocycles. The van der Waals surface area contributed by atoms with Crippen molar-refractivity contribution >= 4 is 5.91 Å². The van der Waals surface area contributed by atoms with Crippen LogP contribution in [0.25, 0.3) is 0 Å². The number of rotatable bonds is 4. The van der Waals surface area contributed by atoms with E-state index in [1.165, 1.54) is 32.1 Å². The van der Waals surface area contributed by atoms with Gasteiger partial charge in [0.2, 0.25) is 5.91 Å². The summed E-state index contributed by atoms with van der Waals surface area (Å²) in [6.45, 7) is 3.19. The summed E-state index contributed by atoms with van der Waals surface area (Å²) in [5, 5.41) is 3.30. The normalized spacial score (nSPS) is 43.4. The van der Waals surface area contributed by atoms with Crippen LogP contribution in [0.5, 0.6) is 0 Å². The summed E-state index contributed by atoms with van der Waals surface area (Å²) >= 11 is 0. The minimum atomic E-state index is 0.189. The molecule has 0 aliphatic heterocycles. The van der Waals surface area contributed by atoms with Crippen LogP contribution in [0.4, 0.5) is 0 Å². The van der Waals surface area contributed by atoms with Gasteiger partial charge in [0.15, 0.2) is 0 Å². The highest BCUT2D eigenvalue weighted by atomic mass is 16.1. The lowest BCUT2D eigenvalue weighted by Gasteiger charge is -2.45. The molecule has 3 nitrogen and oxygen atoms in total. The number of nitrogens with one attached hydrogen (secondary N) is 1. The molecule has 0 bridgehead atoms. The fourth-order valence-electron chi connectivity index (χ4n) is 4.68. The molecule has 3 heteroatoms. The summed E-state index contributed by atoms with van der Waals surface area (Å²) in [4.78, 5) is 14.7. The second-order valence-corrected chi connectivity index (χ2v) is 7.96. The molecule has 3 aliphatic rings. The zero-order valence-electron chi connectivity index (χ0n) is 13.3. The second kappa shape index (κ2) is 5.32. The summed E-state index contributed by atoms with van der Waals surface area (Å²) in [6.07, 6.45) is 8.78. The van der Waals surface area contributed by atoms with E-state index in [4.69, 9.17) is 0 Å². The quantitative estimate of drug-likeness (QED) is 0.857. The fraction of sp³-hybridized carbons (Fsp3) is 0.941. The van der Waals surface area contributed by atoms with Gasteiger partial charge < -0.3 is 10.2 Å². The highest BCUT2D eigenvalue weighted by molar-refractivity contribution is 5.79. The molecule has 114 valence electrons. The summed E-state index contributed by atoms with van der Waals surface area (Å²) in [7, 11) is 4.35. The van der Waals surface area contributed by atoms with Gasteiger partial charge in [-0.15, -0.1) is 0 Å². The van der Waals surface area contributed by atoms with E-state index in [-0.39, 0.29) is 5.54 Å². The predicted molar refractivity (Wildman–Crippen MR) is 81.4 cm³/mol. The van der Waals surface area contributed by atoms with Crippen LogP contribution in [0.2, 0.25) is 0 Å². The Balaban J connectivity index is 1.55. The van der Waals surface area contributed by atoms with Gasteiger partial charge in [-0.2, -0.15) is 0 Å². The van der Waals surface area contributed by atoms with Crippen molar-refractivity contribution in [2.75, 3.05) is 20.6 Å². The van der Waals surface area contributed by atoms with Crippen molar-refractivity contribution in [3.8, 4) is 0 Å². The van der Waals surface area contributed by atoms with E-state index in [1.807, 2.05) is 0 Å². The van der Waals surface area contributed by atoms with E-state index in [0.29, 0.717) is 11.8 Å². The van der Waals surface area contributed by atoms with Crippen LogP contribution >= 0.6 is 0 Å². The average Bonchev–Trinajstić information content (AvgIpc) is 3.02. The van der Waals surface area contributed by atoms with E-state index in [0.717, 1.165) is 37.1 Å². The lowest BCUT2D eigenvalue weighted by molar-refractivity contribution is -0.126. The number of hydrogen-bond donors (Lipinski definition) is 1. The lowest BCUT2D eigenvalue weighted by Crippen LogP contribution is -2.55. The summed E-state index contributed by atoms with van der Waals surface area (Å²) in [5.41, 5.74) is 0.189. The second-order valence-electron chi connectivity index (χ2n) is 7.96. The molecule has 4 unspecified atom stereocenters. The molecule has 0 radical (unpaired) electrons. The molecule has 0 aromatic rings. The van der Waals surface area contributed by atoms with Crippen LogP contribution in [0.3, 0.4) is 0 Å². The van der Waals surface area contributed by atoms with Crippen molar-refractivity contribution in [1.29, 1.82) is 0 Å². The van der Waals surface area contributed by atoms with E-state index >= 15 is 0 Å². The maximum atomic E-state index is 12.4. The number of hydrogen-bond acceptors (Lipinski definition) is 2. The molecular weight excluding hydrogens is 248 g/mol. The monoisotopic (exact) mass is 278 g/mol. The fourth-order valence-corrected chi connectivity index (χ4v) is 4.68. The standard InChI is InChI=1S/C17H30N2O/c1-12-5-4-6-17(10-12,19(2)3)11-18-16(20)15-8-13-7-14(13)9-15/h12-15H,4-11H2,1-3H3,(H,18,20). The van der Waals surface area contributed by atoms with Gasteiger partial charge in [0, 0.05) is 18.0 Å². The molecule has 0 heterocycles. The van der Waals surface area contributed by atoms with Crippen LogP contribution in [-0.2, 0) is 4.79 Å². The van der Waals surface area contributed by atoms with Gasteiger partial charge in [-0.05, 0) is 64.0 Å². The van der Waals surface area contributed by atoms with Gasteiger partial charge in [0.25, 0.3) is 0 Å². The molecule has 20 heavy (non-hydrogen) atoms. The number of fused-ring (bicyclic) bond motifs is 1. The summed E-state index contributed by atoms with van der Waals surface area (Å²) < 4.78 is 0. The zero-order chi connectivity index (χ0) is 14.3. The third-order valence-corrected chi connectivity index (χ3v) is 6.22. The molecule has 4 atom stereocenters. The van der Waals surface area contributed by atoms with Crippen LogP contribution in [-0.4, -0.2) is 37.0 Å². The number of carbonyl (C=O) groups is 1. The number of amides is 1. The van der Waals surface area contributed by atoms with Gasteiger partial charge in [-0.1, -0.05) is 19.8 Å². The van der Waals surface area contributed by atoms with Gasteiger partial charge in [0.05, 0.1) is 0 Å². The smallest absolute Gasteiger partial charge is 0.223 e. The molecule has 1 N–H and O–H groups in total. The minimum absolute atomic E-state index is 0.189. The molecule has 0 saturated heterocycles. The number of likely N-dealkylation sites (N-methyl/N-ethyl adjacent to an activating group) is 1. The maximum absolute atomic E-state index is 12.4. The Morgan fingerprint density at radius 1 is 1.25 bits per heavy atom. The highest BCUT2D eigenvalue weighted by Gasteiger charge is 2.48. The summed E-state index contributed by atoms with van der Waals surface area (Å²) in [5.74, 6) is 3.21. The molecular formula is C17H30N2O. The molecule has 0 aromatic carbocycles. The Morgan fingerprint density at radius 3 is 2.55 bits per heavy atom. The molecule has 0 spiro atoms. The van der Waals surface area contributed by atoms with Crippen LogP contribution < -0.4 is 5.32 Å². The van der Waals surface area contributed by atoms with Crippen molar-refractivity contribution in [1.82, 2.24) is 10.2 Å². The first kappa shape index (κ1) is 14.4. The third kappa shape index (κ3) is 2.74. The zero-order valence-corrected chi connectivity index (χ0v) is 13.3. The number of nitrogens with zero attached hydrogens (tertiary/aromatic N) is 1. The van der Waals surface area contributed by atoms with Crippen LogP contribution in [0, 0.1) is 23.7 Å². The van der Waals surface area contributed by atoms with Gasteiger partial charge >= 0.3 is 0 Å². The van der Waals surface area contributed by atoms with Gasteiger partial charge in [-0.25, -0.2) is 0 Å². The first-order valence-electron chi connectivity index (χ1n) is 8.45. The highest BCUT2D eigenvalue weighted by Crippen LogP contribution is 2.54. The van der Waals surface area contributed by atoms with Crippen molar-refractivity contribution in [2.45, 2.75) is 57.4 Å². The SMILES string of the molecule is CC1CCCC(CNC(=O)C2CC3CC3C2)(N(C)C)C1. The number of carbonyl (C=O) groups excluding carboxylic acids is 1. The van der Waals surface area contributed by atoms with Crippen molar-refractivity contribution in [3.63, 3.8) is 0 Å². The minimum Gasteiger partial charge on any atom is -0.354 e. The maximum Gasteiger partial charge on any atom is 0.223 e. The molecule has 1 amide bonds. The predicted octanol–water partition coefficient (Wildman–Crippen LogP) is 2.66. The molecule has 3 fully saturated rings. The van der Waals surface area contributed by atoms with Crippen molar-refractivity contribution in [3.05, 3.63) is 0 Å². The van der Waals surface area contributed by atoms with Gasteiger partial charge in [0.1, 0.15) is 0 Å². The average molecular weight is 278 g/mol. The summed E-state index contributed by atoms with van der Waals surface area (Å²) in [6, 6.07) is 0. The Morgan fingerprint density at radius 2 is 1.95 bits per heavy atom. The van der Waals surface area contributed by atoms with E-state index in [9.17, 15) is 4.79 Å². The Bertz CT molecular complexity index is 371. The Hall–Kier alpha value is -0.570. The topological polar surface area (TPSA) is 32.3 Å². The van der Waals surface area contributed by atoms with E-state index < -0.39 is 0 Å². The van der Waals surface area contributed by atoms with E-state index in [2.05, 4.69) is 31.2 Å².